The van der Waals surface area contributed by atoms with Crippen molar-refractivity contribution in [2.45, 2.75) is 6.04 Å². The number of nitrogens with zero attached hydrogens (tertiary/aromatic N) is 1. The first kappa shape index (κ1) is 13.0. The molecule has 0 bridgehead atoms. The van der Waals surface area contributed by atoms with Gasteiger partial charge >= 0.3 is 0 Å². The Balaban J connectivity index is 2.12. The predicted molar refractivity (Wildman–Crippen MR) is 66.0 cm³/mol. The number of hydrogen-bond donors (Lipinski definition) is 1. The van der Waals surface area contributed by atoms with Crippen LogP contribution in [-0.2, 0) is 4.74 Å². The number of amides is 1. The average molecular weight is 252 g/mol. The summed E-state index contributed by atoms with van der Waals surface area (Å²) in [5.74, 6) is -0.404. The zero-order chi connectivity index (χ0) is 13.0. The van der Waals surface area contributed by atoms with Gasteiger partial charge in [-0.05, 0) is 31.3 Å². The van der Waals surface area contributed by atoms with Crippen molar-refractivity contribution in [1.29, 1.82) is 0 Å². The first-order valence-corrected chi connectivity index (χ1v) is 6.01. The van der Waals surface area contributed by atoms with E-state index in [0.717, 1.165) is 0 Å². The van der Waals surface area contributed by atoms with Crippen LogP contribution in [0.3, 0.4) is 0 Å². The monoisotopic (exact) mass is 252 g/mol. The largest absolute Gasteiger partial charge is 0.377 e. The number of ether oxygens (including phenoxy) is 1. The summed E-state index contributed by atoms with van der Waals surface area (Å²) in [7, 11) is 1.84. The number of hydrogen-bond acceptors (Lipinski definition) is 3. The predicted octanol–water partition coefficient (Wildman–Crippen LogP) is 0.886. The molecule has 18 heavy (non-hydrogen) atoms. The lowest BCUT2D eigenvalue weighted by molar-refractivity contribution is -0.000978. The topological polar surface area (TPSA) is 41.6 Å². The van der Waals surface area contributed by atoms with Gasteiger partial charge in [0.1, 0.15) is 5.82 Å². The quantitative estimate of drug-likeness (QED) is 0.868. The van der Waals surface area contributed by atoms with E-state index in [4.69, 9.17) is 4.74 Å². The van der Waals surface area contributed by atoms with E-state index in [1.54, 1.807) is 4.90 Å². The van der Waals surface area contributed by atoms with Gasteiger partial charge in [0.15, 0.2) is 0 Å². The number of halogens is 1. The van der Waals surface area contributed by atoms with Crippen molar-refractivity contribution < 1.29 is 13.9 Å². The molecule has 1 aliphatic rings. The molecule has 0 saturated carbocycles. The molecule has 0 radical (unpaired) electrons. The summed E-state index contributed by atoms with van der Waals surface area (Å²) in [4.78, 5) is 14.1. The molecule has 1 aromatic rings. The van der Waals surface area contributed by atoms with Crippen molar-refractivity contribution in [3.8, 4) is 0 Å². The van der Waals surface area contributed by atoms with Gasteiger partial charge in [0.25, 0.3) is 5.91 Å². The Labute approximate surface area is 106 Å². The van der Waals surface area contributed by atoms with Crippen LogP contribution >= 0.6 is 0 Å². The molecule has 0 aromatic heterocycles. The fourth-order valence-corrected chi connectivity index (χ4v) is 2.09. The van der Waals surface area contributed by atoms with Crippen molar-refractivity contribution in [3.05, 3.63) is 35.6 Å². The minimum atomic E-state index is -0.333. The Kier molecular flexibility index (Phi) is 4.28. The van der Waals surface area contributed by atoms with Crippen molar-refractivity contribution in [2.24, 2.45) is 0 Å². The van der Waals surface area contributed by atoms with Gasteiger partial charge in [0.05, 0.1) is 19.3 Å². The summed E-state index contributed by atoms with van der Waals surface area (Å²) in [6.45, 7) is 2.34. The van der Waals surface area contributed by atoms with Crippen molar-refractivity contribution in [3.63, 3.8) is 0 Å². The van der Waals surface area contributed by atoms with Crippen molar-refractivity contribution in [1.82, 2.24) is 10.2 Å². The maximum atomic E-state index is 12.8. The second-order valence-electron chi connectivity index (χ2n) is 4.29. The summed E-state index contributed by atoms with van der Waals surface area (Å²) in [5, 5.41) is 3.05. The molecule has 1 N–H and O–H groups in total. The molecule has 5 heteroatoms. The summed E-state index contributed by atoms with van der Waals surface area (Å²) in [6, 6.07) is 5.68. The third-order valence-corrected chi connectivity index (χ3v) is 3.02. The third kappa shape index (κ3) is 2.86. The average Bonchev–Trinajstić information content (AvgIpc) is 2.40. The van der Waals surface area contributed by atoms with Crippen molar-refractivity contribution >= 4 is 5.91 Å². The fourth-order valence-electron chi connectivity index (χ4n) is 2.09. The lowest BCUT2D eigenvalue weighted by atomic mass is 10.1. The highest BCUT2D eigenvalue weighted by atomic mass is 19.1. The Morgan fingerprint density at radius 3 is 2.89 bits per heavy atom. The second kappa shape index (κ2) is 5.93. The van der Waals surface area contributed by atoms with Crippen LogP contribution in [0.4, 0.5) is 4.39 Å². The maximum Gasteiger partial charge on any atom is 0.254 e. The van der Waals surface area contributed by atoms with Crippen LogP contribution in [0.15, 0.2) is 24.3 Å². The molecule has 4 nitrogen and oxygen atoms in total. The van der Waals surface area contributed by atoms with E-state index in [1.165, 1.54) is 24.3 Å². The summed E-state index contributed by atoms with van der Waals surface area (Å²) < 4.78 is 18.2. The highest BCUT2D eigenvalue weighted by molar-refractivity contribution is 5.94. The molecule has 2 rings (SSSR count). The number of likely N-dealkylation sites (N-methyl/N-ethyl adjacent to an activating group) is 1. The van der Waals surface area contributed by atoms with E-state index in [9.17, 15) is 9.18 Å². The van der Waals surface area contributed by atoms with E-state index < -0.39 is 0 Å². The number of morpholine rings is 1. The van der Waals surface area contributed by atoms with E-state index >= 15 is 0 Å². The van der Waals surface area contributed by atoms with Gasteiger partial charge in [-0.3, -0.25) is 4.79 Å². The molecule has 0 spiro atoms. The molecule has 1 saturated heterocycles. The molecule has 1 amide bonds. The standard InChI is InChI=1S/C13H17FN2O2/c1-15-8-12-9-18-7-6-16(12)13(17)10-2-4-11(14)5-3-10/h2-5,12,15H,6-9H2,1H3. The third-order valence-electron chi connectivity index (χ3n) is 3.02. The number of carbonyl (C=O) groups excluding carboxylic acids is 1. The summed E-state index contributed by atoms with van der Waals surface area (Å²) >= 11 is 0. The van der Waals surface area contributed by atoms with E-state index in [0.29, 0.717) is 31.9 Å². The van der Waals surface area contributed by atoms with E-state index in [2.05, 4.69) is 5.32 Å². The van der Waals surface area contributed by atoms with Crippen LogP contribution < -0.4 is 5.32 Å². The van der Waals surface area contributed by atoms with E-state index in [-0.39, 0.29) is 17.8 Å². The lowest BCUT2D eigenvalue weighted by Gasteiger charge is -2.35. The SMILES string of the molecule is CNCC1COCCN1C(=O)c1ccc(F)cc1. The first-order chi connectivity index (χ1) is 8.72. The Bertz CT molecular complexity index is 406. The second-order valence-corrected chi connectivity index (χ2v) is 4.29. The molecular formula is C13H17FN2O2. The zero-order valence-electron chi connectivity index (χ0n) is 10.4. The summed E-state index contributed by atoms with van der Waals surface area (Å²) in [5.41, 5.74) is 0.513. The lowest BCUT2D eigenvalue weighted by Crippen LogP contribution is -2.52. The molecule has 1 fully saturated rings. The molecule has 98 valence electrons. The van der Waals surface area contributed by atoms with Crippen molar-refractivity contribution in [2.75, 3.05) is 33.4 Å². The molecule has 0 aliphatic carbocycles. The Hall–Kier alpha value is -1.46. The smallest absolute Gasteiger partial charge is 0.254 e. The van der Waals surface area contributed by atoms with Crippen LogP contribution in [0.25, 0.3) is 0 Å². The van der Waals surface area contributed by atoms with Gasteiger partial charge in [-0.2, -0.15) is 0 Å². The fraction of sp³-hybridized carbons (Fsp3) is 0.462. The van der Waals surface area contributed by atoms with Gasteiger partial charge < -0.3 is 15.0 Å². The van der Waals surface area contributed by atoms with Crippen LogP contribution in [0.5, 0.6) is 0 Å². The van der Waals surface area contributed by atoms with Gasteiger partial charge in [0.2, 0.25) is 0 Å². The Morgan fingerprint density at radius 1 is 1.50 bits per heavy atom. The van der Waals surface area contributed by atoms with Crippen LogP contribution in [-0.4, -0.2) is 50.2 Å². The first-order valence-electron chi connectivity index (χ1n) is 6.01. The number of benzene rings is 1. The van der Waals surface area contributed by atoms with E-state index in [1.807, 2.05) is 7.05 Å². The molecular weight excluding hydrogens is 235 g/mol. The highest BCUT2D eigenvalue weighted by Crippen LogP contribution is 2.12. The molecule has 1 unspecified atom stereocenters. The van der Waals surface area contributed by atoms with Gasteiger partial charge in [-0.15, -0.1) is 0 Å². The van der Waals surface area contributed by atoms with Gasteiger partial charge in [-0.25, -0.2) is 4.39 Å². The highest BCUT2D eigenvalue weighted by Gasteiger charge is 2.27. The minimum Gasteiger partial charge on any atom is -0.377 e. The number of carbonyl (C=O) groups is 1. The molecule has 1 aromatic carbocycles. The zero-order valence-corrected chi connectivity index (χ0v) is 10.4. The molecule has 1 aliphatic heterocycles. The minimum absolute atomic E-state index is 0.0290. The van der Waals surface area contributed by atoms with Crippen LogP contribution in [0, 0.1) is 5.82 Å². The maximum absolute atomic E-state index is 12.8. The van der Waals surface area contributed by atoms with Gasteiger partial charge in [-0.1, -0.05) is 0 Å². The van der Waals surface area contributed by atoms with Crippen LogP contribution in [0.1, 0.15) is 10.4 Å². The summed E-state index contributed by atoms with van der Waals surface area (Å²) in [6.07, 6.45) is 0. The number of rotatable bonds is 3. The molecule has 1 atom stereocenters. The molecule has 1 heterocycles. The Morgan fingerprint density at radius 2 is 2.22 bits per heavy atom. The number of nitrogens with one attached hydrogen (secondary N) is 1. The van der Waals surface area contributed by atoms with Crippen LogP contribution in [0.2, 0.25) is 0 Å². The normalized spacial score (nSPS) is 19.9. The van der Waals surface area contributed by atoms with Gasteiger partial charge in [0, 0.05) is 18.7 Å².